The van der Waals surface area contributed by atoms with Crippen LogP contribution in [0.3, 0.4) is 0 Å². The van der Waals surface area contributed by atoms with Crippen molar-refractivity contribution in [2.75, 3.05) is 0 Å². The number of nitrogens with zero attached hydrogens (tertiary/aromatic N) is 2. The molecule has 1 heterocycles. The summed E-state index contributed by atoms with van der Waals surface area (Å²) in [6, 6.07) is -1.15. The van der Waals surface area contributed by atoms with E-state index in [1.165, 1.54) is 12.4 Å². The molecule has 0 radical (unpaired) electrons. The monoisotopic (exact) mass is 301 g/mol. The fourth-order valence-electron chi connectivity index (χ4n) is 1.30. The number of hydrogen-bond acceptors (Lipinski definition) is 5. The number of alkyl carbamates (subject to hydrolysis) is 1. The van der Waals surface area contributed by atoms with Crippen molar-refractivity contribution in [3.63, 3.8) is 0 Å². The number of amides is 1. The van der Waals surface area contributed by atoms with Gasteiger partial charge in [0.2, 0.25) is 0 Å². The molecule has 0 aliphatic rings. The molecule has 0 saturated carbocycles. The van der Waals surface area contributed by atoms with E-state index in [-0.39, 0.29) is 11.6 Å². The molecular weight excluding hydrogens is 286 g/mol. The first kappa shape index (κ1) is 16.2. The van der Waals surface area contributed by atoms with Gasteiger partial charge in [0.1, 0.15) is 16.8 Å². The average molecular weight is 302 g/mol. The lowest BCUT2D eigenvalue weighted by Crippen LogP contribution is -2.44. The van der Waals surface area contributed by atoms with E-state index >= 15 is 0 Å². The molecule has 7 nitrogen and oxygen atoms in total. The third-order valence-electron chi connectivity index (χ3n) is 2.08. The van der Waals surface area contributed by atoms with Gasteiger partial charge in [-0.15, -0.1) is 0 Å². The van der Waals surface area contributed by atoms with Crippen LogP contribution in [-0.4, -0.2) is 38.8 Å². The van der Waals surface area contributed by atoms with Gasteiger partial charge in [0.05, 0.1) is 18.1 Å². The number of aliphatic carboxylic acids is 1. The number of ether oxygens (including phenoxy) is 1. The van der Waals surface area contributed by atoms with Gasteiger partial charge < -0.3 is 15.2 Å². The predicted octanol–water partition coefficient (Wildman–Crippen LogP) is 1.65. The van der Waals surface area contributed by atoms with E-state index in [1.54, 1.807) is 20.8 Å². The minimum Gasteiger partial charge on any atom is -0.480 e. The summed E-state index contributed by atoms with van der Waals surface area (Å²) in [5.41, 5.74) is -0.300. The lowest BCUT2D eigenvalue weighted by molar-refractivity contribution is -0.139. The first-order valence-corrected chi connectivity index (χ1v) is 6.24. The summed E-state index contributed by atoms with van der Waals surface area (Å²) in [4.78, 5) is 30.4. The van der Waals surface area contributed by atoms with Crippen LogP contribution in [0, 0.1) is 0 Å². The van der Waals surface area contributed by atoms with E-state index in [9.17, 15) is 9.59 Å². The molecule has 0 bridgehead atoms. The van der Waals surface area contributed by atoms with Crippen LogP contribution in [0.25, 0.3) is 0 Å². The Bertz CT molecular complexity index is 484. The standard InChI is InChI=1S/C12H16ClN3O4/c1-12(2,3)20-11(19)16-8(10(17)18)4-7-5-15-9(13)6-14-7/h5-6,8H,4H2,1-3H3,(H,16,19)(H,17,18). The van der Waals surface area contributed by atoms with E-state index in [0.717, 1.165) is 0 Å². The molecule has 1 aromatic rings. The number of halogens is 1. The SMILES string of the molecule is CC(C)(C)OC(=O)NC(Cc1cnc(Cl)cn1)C(=O)O. The average Bonchev–Trinajstić information content (AvgIpc) is 2.28. The minimum absolute atomic E-state index is 0.0151. The van der Waals surface area contributed by atoms with Crippen LogP contribution in [0.4, 0.5) is 4.79 Å². The molecule has 0 aromatic carbocycles. The van der Waals surface area contributed by atoms with E-state index < -0.39 is 23.7 Å². The molecule has 8 heteroatoms. The smallest absolute Gasteiger partial charge is 0.408 e. The van der Waals surface area contributed by atoms with Crippen LogP contribution in [0.2, 0.25) is 5.15 Å². The molecule has 0 aliphatic carbocycles. The lowest BCUT2D eigenvalue weighted by Gasteiger charge is -2.21. The van der Waals surface area contributed by atoms with Crippen LogP contribution < -0.4 is 5.32 Å². The minimum atomic E-state index is -1.19. The number of aromatic nitrogens is 2. The highest BCUT2D eigenvalue weighted by Gasteiger charge is 2.24. The molecule has 0 fully saturated rings. The van der Waals surface area contributed by atoms with Crippen LogP contribution in [0.5, 0.6) is 0 Å². The molecule has 1 aromatic heterocycles. The second-order valence-corrected chi connectivity index (χ2v) is 5.46. The molecule has 1 atom stereocenters. The summed E-state index contributed by atoms with van der Waals surface area (Å²) < 4.78 is 5.00. The van der Waals surface area contributed by atoms with Gasteiger partial charge in [-0.2, -0.15) is 0 Å². The van der Waals surface area contributed by atoms with E-state index in [0.29, 0.717) is 5.69 Å². The Kier molecular flexibility index (Phi) is 5.26. The highest BCUT2D eigenvalue weighted by atomic mass is 35.5. The quantitative estimate of drug-likeness (QED) is 0.877. The first-order valence-electron chi connectivity index (χ1n) is 5.86. The van der Waals surface area contributed by atoms with Gasteiger partial charge >= 0.3 is 12.1 Å². The van der Waals surface area contributed by atoms with Crippen LogP contribution in [0.15, 0.2) is 12.4 Å². The Labute approximate surface area is 121 Å². The molecule has 1 amide bonds. The van der Waals surface area contributed by atoms with Crippen molar-refractivity contribution in [3.8, 4) is 0 Å². The number of carboxylic acid groups (broad SMARTS) is 1. The second-order valence-electron chi connectivity index (χ2n) is 5.07. The Balaban J connectivity index is 2.68. The summed E-state index contributed by atoms with van der Waals surface area (Å²) in [5, 5.41) is 11.6. The fraction of sp³-hybridized carbons (Fsp3) is 0.500. The molecule has 1 unspecified atom stereocenters. The zero-order valence-electron chi connectivity index (χ0n) is 11.4. The molecule has 0 aliphatic heterocycles. The Morgan fingerprint density at radius 2 is 2.05 bits per heavy atom. The van der Waals surface area contributed by atoms with Gasteiger partial charge in [-0.25, -0.2) is 14.6 Å². The summed E-state index contributed by atoms with van der Waals surface area (Å²) in [6.07, 6.45) is 1.85. The summed E-state index contributed by atoms with van der Waals surface area (Å²) >= 11 is 5.59. The predicted molar refractivity (Wildman–Crippen MR) is 71.5 cm³/mol. The van der Waals surface area contributed by atoms with Gasteiger partial charge in [-0.3, -0.25) is 4.98 Å². The van der Waals surface area contributed by atoms with E-state index in [4.69, 9.17) is 21.4 Å². The number of hydrogen-bond donors (Lipinski definition) is 2. The summed E-state index contributed by atoms with van der Waals surface area (Å²) in [5.74, 6) is -1.19. The number of carbonyl (C=O) groups excluding carboxylic acids is 1. The van der Waals surface area contributed by atoms with Gasteiger partial charge in [0.25, 0.3) is 0 Å². The maximum Gasteiger partial charge on any atom is 0.408 e. The number of carboxylic acids is 1. The third-order valence-corrected chi connectivity index (χ3v) is 2.27. The van der Waals surface area contributed by atoms with Crippen LogP contribution in [0.1, 0.15) is 26.5 Å². The molecule has 2 N–H and O–H groups in total. The normalized spacial score (nSPS) is 12.6. The van der Waals surface area contributed by atoms with E-state index in [1.807, 2.05) is 0 Å². The van der Waals surface area contributed by atoms with Gasteiger partial charge in [0, 0.05) is 6.42 Å². The molecule has 20 heavy (non-hydrogen) atoms. The Morgan fingerprint density at radius 1 is 1.40 bits per heavy atom. The van der Waals surface area contributed by atoms with Crippen molar-refractivity contribution < 1.29 is 19.4 Å². The number of rotatable bonds is 4. The van der Waals surface area contributed by atoms with E-state index in [2.05, 4.69) is 15.3 Å². The van der Waals surface area contributed by atoms with Gasteiger partial charge in [0.15, 0.2) is 0 Å². The molecule has 0 saturated heterocycles. The van der Waals surface area contributed by atoms with Crippen molar-refractivity contribution in [3.05, 3.63) is 23.2 Å². The fourth-order valence-corrected chi connectivity index (χ4v) is 1.40. The van der Waals surface area contributed by atoms with Crippen molar-refractivity contribution in [1.82, 2.24) is 15.3 Å². The van der Waals surface area contributed by atoms with Crippen molar-refractivity contribution in [2.24, 2.45) is 0 Å². The molecule has 0 spiro atoms. The van der Waals surface area contributed by atoms with Crippen molar-refractivity contribution >= 4 is 23.7 Å². The summed E-state index contributed by atoms with van der Waals surface area (Å²) in [6.45, 7) is 5.06. The van der Waals surface area contributed by atoms with Gasteiger partial charge in [-0.1, -0.05) is 11.6 Å². The van der Waals surface area contributed by atoms with Crippen LogP contribution in [-0.2, 0) is 16.0 Å². The highest BCUT2D eigenvalue weighted by Crippen LogP contribution is 2.08. The second kappa shape index (κ2) is 6.51. The topological polar surface area (TPSA) is 101 Å². The Hall–Kier alpha value is -1.89. The van der Waals surface area contributed by atoms with Crippen molar-refractivity contribution in [1.29, 1.82) is 0 Å². The molecule has 110 valence electrons. The maximum absolute atomic E-state index is 11.6. The lowest BCUT2D eigenvalue weighted by atomic mass is 10.1. The third kappa shape index (κ3) is 5.83. The van der Waals surface area contributed by atoms with Crippen molar-refractivity contribution in [2.45, 2.75) is 38.8 Å². The Morgan fingerprint density at radius 3 is 2.50 bits per heavy atom. The maximum atomic E-state index is 11.6. The van der Waals surface area contributed by atoms with Gasteiger partial charge in [-0.05, 0) is 20.8 Å². The molecule has 1 rings (SSSR count). The highest BCUT2D eigenvalue weighted by molar-refractivity contribution is 6.29. The zero-order valence-corrected chi connectivity index (χ0v) is 12.1. The zero-order chi connectivity index (χ0) is 15.3. The number of carbonyl (C=O) groups is 2. The molecular formula is C12H16ClN3O4. The first-order chi connectivity index (χ1) is 9.17. The number of nitrogens with one attached hydrogen (secondary N) is 1. The van der Waals surface area contributed by atoms with Crippen LogP contribution >= 0.6 is 11.6 Å². The largest absolute Gasteiger partial charge is 0.480 e. The summed E-state index contributed by atoms with van der Waals surface area (Å²) in [7, 11) is 0.